The summed E-state index contributed by atoms with van der Waals surface area (Å²) in [5.74, 6) is -0.282. The van der Waals surface area contributed by atoms with Gasteiger partial charge in [-0.3, -0.25) is 4.79 Å². The molecule has 0 spiro atoms. The maximum absolute atomic E-state index is 13.0. The Balaban J connectivity index is 1.89. The summed E-state index contributed by atoms with van der Waals surface area (Å²) in [5.41, 5.74) is 0.587. The van der Waals surface area contributed by atoms with Gasteiger partial charge in [0.05, 0.1) is 4.88 Å². The molecule has 8 heteroatoms. The highest BCUT2D eigenvalue weighted by Crippen LogP contribution is 2.31. The van der Waals surface area contributed by atoms with Gasteiger partial charge in [-0.15, -0.1) is 22.7 Å². The Morgan fingerprint density at radius 3 is 2.32 bits per heavy atom. The molecule has 1 aromatic carbocycles. The van der Waals surface area contributed by atoms with E-state index in [-0.39, 0.29) is 16.7 Å². The van der Waals surface area contributed by atoms with Gasteiger partial charge in [0.25, 0.3) is 5.91 Å². The fraction of sp³-hybridized carbons (Fsp3) is 0.118. The van der Waals surface area contributed by atoms with Crippen LogP contribution in [0.4, 0.5) is 0 Å². The minimum atomic E-state index is -3.62. The molecule has 25 heavy (non-hydrogen) atoms. The first kappa shape index (κ1) is 18.1. The molecule has 1 amide bonds. The van der Waals surface area contributed by atoms with E-state index in [1.807, 2.05) is 0 Å². The van der Waals surface area contributed by atoms with Crippen LogP contribution < -0.4 is 5.32 Å². The lowest BCUT2D eigenvalue weighted by Gasteiger charge is -2.18. The summed E-state index contributed by atoms with van der Waals surface area (Å²) >= 11 is 8.38. The van der Waals surface area contributed by atoms with Crippen LogP contribution in [0.25, 0.3) is 0 Å². The van der Waals surface area contributed by atoms with Gasteiger partial charge in [-0.1, -0.05) is 35.9 Å². The normalized spacial score (nSPS) is 12.7. The molecule has 0 aliphatic heterocycles. The summed E-state index contributed by atoms with van der Waals surface area (Å²) in [5, 5.41) is 5.89. The molecule has 2 heterocycles. The topological polar surface area (TPSA) is 63.2 Å². The predicted octanol–water partition coefficient (Wildman–Crippen LogP) is 4.41. The lowest BCUT2D eigenvalue weighted by atomic mass is 10.1. The van der Waals surface area contributed by atoms with E-state index in [2.05, 4.69) is 5.32 Å². The van der Waals surface area contributed by atoms with Crippen LogP contribution in [0.2, 0.25) is 5.02 Å². The van der Waals surface area contributed by atoms with Gasteiger partial charge in [0, 0.05) is 11.6 Å². The fourth-order valence-electron chi connectivity index (χ4n) is 2.33. The van der Waals surface area contributed by atoms with E-state index in [0.29, 0.717) is 15.5 Å². The van der Waals surface area contributed by atoms with Crippen molar-refractivity contribution in [1.82, 2.24) is 5.32 Å². The molecule has 0 aliphatic carbocycles. The molecule has 3 rings (SSSR count). The zero-order valence-corrected chi connectivity index (χ0v) is 16.1. The van der Waals surface area contributed by atoms with Crippen molar-refractivity contribution in [1.29, 1.82) is 0 Å². The maximum atomic E-state index is 13.0. The lowest BCUT2D eigenvalue weighted by Crippen LogP contribution is -2.31. The van der Waals surface area contributed by atoms with Gasteiger partial charge in [-0.05, 0) is 40.6 Å². The van der Waals surface area contributed by atoms with Gasteiger partial charge in [-0.2, -0.15) is 0 Å². The molecule has 1 atom stereocenters. The van der Waals surface area contributed by atoms with Crippen LogP contribution in [0, 0.1) is 0 Å². The third kappa shape index (κ3) is 4.12. The number of sulfone groups is 1. The summed E-state index contributed by atoms with van der Waals surface area (Å²) < 4.78 is 26.3. The lowest BCUT2D eigenvalue weighted by molar-refractivity contribution is 0.0957. The van der Waals surface area contributed by atoms with Crippen LogP contribution in [-0.2, 0) is 9.84 Å². The highest BCUT2D eigenvalue weighted by atomic mass is 35.5. The summed E-state index contributed by atoms with van der Waals surface area (Å²) in [7, 11) is -3.62. The zero-order valence-electron chi connectivity index (χ0n) is 12.9. The molecule has 3 aromatic rings. The van der Waals surface area contributed by atoms with E-state index >= 15 is 0 Å². The van der Waals surface area contributed by atoms with Crippen molar-refractivity contribution in [2.45, 2.75) is 9.46 Å². The maximum Gasteiger partial charge on any atom is 0.261 e. The van der Waals surface area contributed by atoms with E-state index in [4.69, 9.17) is 11.6 Å². The molecule has 2 aromatic heterocycles. The standard InChI is InChI=1S/C17H14ClNO3S3/c18-13-7-5-12(6-8-13)15(25(21,22)16-4-2-10-24-16)11-19-17(20)14-3-1-9-23-14/h1-10,15H,11H2,(H,19,20)/t15-/m1/s1. The van der Waals surface area contributed by atoms with Crippen molar-refractivity contribution < 1.29 is 13.2 Å². The van der Waals surface area contributed by atoms with Gasteiger partial charge >= 0.3 is 0 Å². The van der Waals surface area contributed by atoms with Crippen molar-refractivity contribution in [3.8, 4) is 0 Å². The molecule has 1 N–H and O–H groups in total. The van der Waals surface area contributed by atoms with Gasteiger partial charge < -0.3 is 5.32 Å². The number of halogens is 1. The van der Waals surface area contributed by atoms with Crippen molar-refractivity contribution in [3.05, 3.63) is 74.8 Å². The van der Waals surface area contributed by atoms with E-state index in [1.54, 1.807) is 59.3 Å². The van der Waals surface area contributed by atoms with Gasteiger partial charge in [0.2, 0.25) is 0 Å². The minimum absolute atomic E-state index is 0.0153. The first-order valence-corrected chi connectivity index (χ1v) is 11.0. The molecule has 4 nitrogen and oxygen atoms in total. The first-order valence-electron chi connectivity index (χ1n) is 7.33. The first-order chi connectivity index (χ1) is 12.0. The summed E-state index contributed by atoms with van der Waals surface area (Å²) in [6.07, 6.45) is 0. The largest absolute Gasteiger partial charge is 0.350 e. The summed E-state index contributed by atoms with van der Waals surface area (Å²) in [4.78, 5) is 12.7. The number of thiophene rings is 2. The monoisotopic (exact) mass is 411 g/mol. The van der Waals surface area contributed by atoms with Crippen LogP contribution in [0.15, 0.2) is 63.5 Å². The van der Waals surface area contributed by atoms with E-state index < -0.39 is 15.1 Å². The molecule has 130 valence electrons. The molecule has 0 aliphatic rings. The molecule has 0 fully saturated rings. The Kier molecular flexibility index (Phi) is 5.58. The van der Waals surface area contributed by atoms with Crippen LogP contribution in [-0.4, -0.2) is 20.9 Å². The van der Waals surface area contributed by atoms with Crippen molar-refractivity contribution in [2.75, 3.05) is 6.54 Å². The highest BCUT2D eigenvalue weighted by Gasteiger charge is 2.30. The quantitative estimate of drug-likeness (QED) is 0.653. The van der Waals surface area contributed by atoms with Crippen LogP contribution in [0.3, 0.4) is 0 Å². The Labute approximate surface area is 159 Å². The van der Waals surface area contributed by atoms with Crippen molar-refractivity contribution >= 4 is 50.0 Å². The Morgan fingerprint density at radius 2 is 1.72 bits per heavy atom. The Bertz CT molecular complexity index is 934. The molecule has 0 saturated heterocycles. The third-order valence-corrected chi connectivity index (χ3v) is 8.24. The van der Waals surface area contributed by atoms with E-state index in [0.717, 1.165) is 11.3 Å². The average molecular weight is 412 g/mol. The van der Waals surface area contributed by atoms with E-state index in [9.17, 15) is 13.2 Å². The second kappa shape index (κ2) is 7.70. The number of hydrogen-bond donors (Lipinski definition) is 1. The number of hydrogen-bond acceptors (Lipinski definition) is 5. The molecule has 0 unspecified atom stereocenters. The second-order valence-corrected chi connectivity index (χ2v) is 9.89. The van der Waals surface area contributed by atoms with Gasteiger partial charge in [0.15, 0.2) is 9.84 Å². The van der Waals surface area contributed by atoms with E-state index in [1.165, 1.54) is 11.3 Å². The SMILES string of the molecule is O=C(NC[C@H](c1ccc(Cl)cc1)S(=O)(=O)c1cccs1)c1cccs1. The van der Waals surface area contributed by atoms with Crippen molar-refractivity contribution in [2.24, 2.45) is 0 Å². The highest BCUT2D eigenvalue weighted by molar-refractivity contribution is 7.93. The Morgan fingerprint density at radius 1 is 1.04 bits per heavy atom. The summed E-state index contributed by atoms with van der Waals surface area (Å²) in [6.45, 7) is -0.0153. The number of carbonyl (C=O) groups excluding carboxylic acids is 1. The molecular weight excluding hydrogens is 398 g/mol. The minimum Gasteiger partial charge on any atom is -0.350 e. The molecule has 0 saturated carbocycles. The van der Waals surface area contributed by atoms with Crippen molar-refractivity contribution in [3.63, 3.8) is 0 Å². The zero-order chi connectivity index (χ0) is 17.9. The molecule has 0 radical (unpaired) electrons. The smallest absolute Gasteiger partial charge is 0.261 e. The number of carbonyl (C=O) groups is 1. The van der Waals surface area contributed by atoms with Crippen LogP contribution in [0.5, 0.6) is 0 Å². The fourth-order valence-corrected chi connectivity index (χ4v) is 5.96. The number of nitrogens with one attached hydrogen (secondary N) is 1. The van der Waals surface area contributed by atoms with Gasteiger partial charge in [0.1, 0.15) is 9.46 Å². The van der Waals surface area contributed by atoms with Gasteiger partial charge in [-0.25, -0.2) is 8.42 Å². The van der Waals surface area contributed by atoms with Crippen LogP contribution in [0.1, 0.15) is 20.5 Å². The molecule has 0 bridgehead atoms. The average Bonchev–Trinajstić information content (AvgIpc) is 3.30. The summed E-state index contributed by atoms with van der Waals surface area (Å²) in [6, 6.07) is 13.4. The predicted molar refractivity (Wildman–Crippen MR) is 102 cm³/mol. The number of rotatable bonds is 6. The number of benzene rings is 1. The Hall–Kier alpha value is -1.67. The third-order valence-electron chi connectivity index (χ3n) is 3.58. The second-order valence-electron chi connectivity index (χ2n) is 5.20. The number of amides is 1. The van der Waals surface area contributed by atoms with Crippen LogP contribution >= 0.6 is 34.3 Å². The molecular formula is C17H14ClNO3S3.